The van der Waals surface area contributed by atoms with Gasteiger partial charge in [0.05, 0.1) is 6.42 Å². The third kappa shape index (κ3) is 7.41. The molecule has 0 bridgehead atoms. The highest BCUT2D eigenvalue weighted by molar-refractivity contribution is 5.97. The highest BCUT2D eigenvalue weighted by atomic mass is 16.2. The molecule has 0 fully saturated rings. The topological polar surface area (TPSA) is 54.4 Å². The van der Waals surface area contributed by atoms with Gasteiger partial charge in [0.1, 0.15) is 11.6 Å². The summed E-state index contributed by atoms with van der Waals surface area (Å²) in [5.41, 5.74) is 0. The van der Waals surface area contributed by atoms with Gasteiger partial charge in [0.15, 0.2) is 0 Å². The minimum Gasteiger partial charge on any atom is -0.396 e. The van der Waals surface area contributed by atoms with Gasteiger partial charge < -0.3 is 5.11 Å². The predicted octanol–water partition coefficient (Wildman–Crippen LogP) is 1.09. The van der Waals surface area contributed by atoms with Gasteiger partial charge in [-0.25, -0.2) is 0 Å². The maximum Gasteiger partial charge on any atom is 0.140 e. The first-order valence-corrected chi connectivity index (χ1v) is 4.29. The van der Waals surface area contributed by atoms with E-state index in [9.17, 15) is 9.59 Å². The minimum absolute atomic E-state index is 0.0143. The number of carbonyl (C=O) groups excluding carboxylic acids is 2. The zero-order chi connectivity index (χ0) is 9.40. The van der Waals surface area contributed by atoms with Crippen LogP contribution < -0.4 is 0 Å². The molecular formula is C9H16O3. The molecule has 12 heavy (non-hydrogen) atoms. The van der Waals surface area contributed by atoms with Crippen LogP contribution in [0, 0.1) is 0 Å². The summed E-state index contributed by atoms with van der Waals surface area (Å²) in [5, 5.41) is 8.44. The summed E-state index contributed by atoms with van der Waals surface area (Å²) < 4.78 is 0. The van der Waals surface area contributed by atoms with E-state index >= 15 is 0 Å². The SMILES string of the molecule is CC(=O)CC(=O)CCCCCO. The standard InChI is InChI=1S/C9H16O3/c1-8(11)7-9(12)5-3-2-4-6-10/h10H,2-7H2,1H3. The maximum absolute atomic E-state index is 10.9. The number of ketones is 2. The van der Waals surface area contributed by atoms with Gasteiger partial charge in [0.25, 0.3) is 0 Å². The first-order valence-electron chi connectivity index (χ1n) is 4.29. The molecule has 0 aromatic rings. The molecule has 70 valence electrons. The summed E-state index contributed by atoms with van der Waals surface area (Å²) in [6.45, 7) is 1.60. The molecule has 1 N–H and O–H groups in total. The molecule has 0 radical (unpaired) electrons. The summed E-state index contributed by atoms with van der Waals surface area (Å²) in [7, 11) is 0. The molecule has 0 aliphatic carbocycles. The molecule has 0 atom stereocenters. The molecule has 0 aromatic carbocycles. The largest absolute Gasteiger partial charge is 0.396 e. The van der Waals surface area contributed by atoms with Crippen molar-refractivity contribution < 1.29 is 14.7 Å². The number of aliphatic hydroxyl groups is 1. The van der Waals surface area contributed by atoms with Gasteiger partial charge in [0, 0.05) is 13.0 Å². The Morgan fingerprint density at radius 3 is 2.33 bits per heavy atom. The van der Waals surface area contributed by atoms with Crippen LogP contribution in [0.2, 0.25) is 0 Å². The van der Waals surface area contributed by atoms with Gasteiger partial charge in [-0.3, -0.25) is 9.59 Å². The van der Waals surface area contributed by atoms with Crippen molar-refractivity contribution in [2.45, 2.75) is 39.0 Å². The van der Waals surface area contributed by atoms with Crippen LogP contribution >= 0.6 is 0 Å². The van der Waals surface area contributed by atoms with E-state index < -0.39 is 0 Å². The highest BCUT2D eigenvalue weighted by Gasteiger charge is 2.03. The lowest BCUT2D eigenvalue weighted by atomic mass is 10.1. The monoisotopic (exact) mass is 172 g/mol. The number of hydrogen-bond donors (Lipinski definition) is 1. The van der Waals surface area contributed by atoms with Crippen LogP contribution in [-0.4, -0.2) is 23.3 Å². The molecule has 0 amide bonds. The number of carbonyl (C=O) groups is 2. The van der Waals surface area contributed by atoms with Gasteiger partial charge in [-0.15, -0.1) is 0 Å². The first kappa shape index (κ1) is 11.3. The lowest BCUT2D eigenvalue weighted by Gasteiger charge is -1.97. The third-order valence-electron chi connectivity index (χ3n) is 1.56. The van der Waals surface area contributed by atoms with E-state index in [4.69, 9.17) is 5.11 Å². The van der Waals surface area contributed by atoms with Crippen molar-refractivity contribution in [3.05, 3.63) is 0 Å². The molecule has 0 unspecified atom stereocenters. The van der Waals surface area contributed by atoms with Crippen molar-refractivity contribution in [2.24, 2.45) is 0 Å². The van der Waals surface area contributed by atoms with Gasteiger partial charge in [0.2, 0.25) is 0 Å². The van der Waals surface area contributed by atoms with E-state index in [0.29, 0.717) is 6.42 Å². The Labute approximate surface area is 72.8 Å². The van der Waals surface area contributed by atoms with E-state index in [1.807, 2.05) is 0 Å². The second kappa shape index (κ2) is 6.98. The van der Waals surface area contributed by atoms with E-state index in [0.717, 1.165) is 19.3 Å². The van der Waals surface area contributed by atoms with Crippen LogP contribution in [0.15, 0.2) is 0 Å². The Morgan fingerprint density at radius 2 is 1.83 bits per heavy atom. The lowest BCUT2D eigenvalue weighted by Crippen LogP contribution is -2.03. The van der Waals surface area contributed by atoms with Gasteiger partial charge >= 0.3 is 0 Å². The van der Waals surface area contributed by atoms with Gasteiger partial charge in [-0.2, -0.15) is 0 Å². The van der Waals surface area contributed by atoms with Crippen LogP contribution in [0.1, 0.15) is 39.0 Å². The van der Waals surface area contributed by atoms with Crippen LogP contribution in [0.3, 0.4) is 0 Å². The second-order valence-corrected chi connectivity index (χ2v) is 2.95. The summed E-state index contributed by atoms with van der Waals surface area (Å²) in [6.07, 6.45) is 2.93. The molecule has 0 saturated heterocycles. The fraction of sp³-hybridized carbons (Fsp3) is 0.778. The van der Waals surface area contributed by atoms with Crippen molar-refractivity contribution >= 4 is 11.6 Å². The minimum atomic E-state index is -0.0674. The summed E-state index contributed by atoms with van der Waals surface area (Å²) >= 11 is 0. The molecule has 0 saturated carbocycles. The first-order chi connectivity index (χ1) is 5.66. The molecular weight excluding hydrogens is 156 g/mol. The quantitative estimate of drug-likeness (QED) is 0.462. The Kier molecular flexibility index (Phi) is 6.57. The molecule has 0 rings (SSSR count). The molecule has 0 aromatic heterocycles. The van der Waals surface area contributed by atoms with Crippen LogP contribution in [0.25, 0.3) is 0 Å². The molecule has 0 spiro atoms. The van der Waals surface area contributed by atoms with E-state index in [1.165, 1.54) is 6.92 Å². The van der Waals surface area contributed by atoms with E-state index in [-0.39, 0.29) is 24.6 Å². The Hall–Kier alpha value is -0.700. The van der Waals surface area contributed by atoms with Crippen molar-refractivity contribution in [1.29, 1.82) is 0 Å². The molecule has 0 aliphatic heterocycles. The Balaban J connectivity index is 3.26. The van der Waals surface area contributed by atoms with Crippen LogP contribution in [0.4, 0.5) is 0 Å². The predicted molar refractivity (Wildman–Crippen MR) is 45.9 cm³/mol. The fourth-order valence-electron chi connectivity index (χ4n) is 0.977. The smallest absolute Gasteiger partial charge is 0.140 e. The number of hydrogen-bond acceptors (Lipinski definition) is 3. The molecule has 3 nitrogen and oxygen atoms in total. The summed E-state index contributed by atoms with van der Waals surface area (Å²) in [5.74, 6) is -0.0532. The van der Waals surface area contributed by atoms with Gasteiger partial charge in [-0.1, -0.05) is 6.42 Å². The van der Waals surface area contributed by atoms with Crippen molar-refractivity contribution in [3.63, 3.8) is 0 Å². The highest BCUT2D eigenvalue weighted by Crippen LogP contribution is 2.01. The average molecular weight is 172 g/mol. The zero-order valence-electron chi connectivity index (χ0n) is 7.51. The fourth-order valence-corrected chi connectivity index (χ4v) is 0.977. The Bertz CT molecular complexity index is 152. The second-order valence-electron chi connectivity index (χ2n) is 2.95. The molecule has 0 aliphatic rings. The van der Waals surface area contributed by atoms with Crippen molar-refractivity contribution in [3.8, 4) is 0 Å². The van der Waals surface area contributed by atoms with Crippen molar-refractivity contribution in [1.82, 2.24) is 0 Å². The lowest BCUT2D eigenvalue weighted by molar-refractivity contribution is -0.125. The number of aliphatic hydroxyl groups excluding tert-OH is 1. The normalized spacial score (nSPS) is 9.83. The number of rotatable bonds is 7. The number of Topliss-reactive ketones (excluding diaryl/α,β-unsaturated/α-hetero) is 2. The van der Waals surface area contributed by atoms with E-state index in [2.05, 4.69) is 0 Å². The maximum atomic E-state index is 10.9. The van der Waals surface area contributed by atoms with E-state index in [1.54, 1.807) is 0 Å². The van der Waals surface area contributed by atoms with Gasteiger partial charge in [-0.05, 0) is 19.8 Å². The Morgan fingerprint density at radius 1 is 1.17 bits per heavy atom. The van der Waals surface area contributed by atoms with Crippen LogP contribution in [-0.2, 0) is 9.59 Å². The zero-order valence-corrected chi connectivity index (χ0v) is 7.51. The number of unbranched alkanes of at least 4 members (excludes halogenated alkanes) is 2. The average Bonchev–Trinajstić information content (AvgIpc) is 1.97. The summed E-state index contributed by atoms with van der Waals surface area (Å²) in [4.78, 5) is 21.4. The van der Waals surface area contributed by atoms with Crippen LogP contribution in [0.5, 0.6) is 0 Å². The summed E-state index contributed by atoms with van der Waals surface area (Å²) in [6, 6.07) is 0. The molecule has 0 heterocycles. The molecule has 3 heteroatoms. The third-order valence-corrected chi connectivity index (χ3v) is 1.56. The van der Waals surface area contributed by atoms with Crippen molar-refractivity contribution in [2.75, 3.05) is 6.61 Å².